The van der Waals surface area contributed by atoms with Crippen molar-refractivity contribution >= 4 is 11.8 Å². The number of hydrogen-bond donors (Lipinski definition) is 1. The maximum Gasteiger partial charge on any atom is 0.412 e. The Balaban J connectivity index is 2.33. The van der Waals surface area contributed by atoms with Crippen LogP contribution in [0.5, 0.6) is 5.75 Å². The molecule has 1 N–H and O–H groups in total. The molecule has 18 heavy (non-hydrogen) atoms. The molecule has 0 unspecified atom stereocenters. The largest absolute Gasteiger partial charge is 0.493 e. The molecule has 1 heterocycles. The number of fused-ring (bicyclic) bond motifs is 1. The number of anilines is 1. The first-order valence-electron chi connectivity index (χ1n) is 6.31. The lowest BCUT2D eigenvalue weighted by atomic mass is 9.94. The Morgan fingerprint density at radius 2 is 2.17 bits per heavy atom. The number of carbonyl (C=O) groups excluding carboxylic acids is 1. The number of hydrogen-bond acceptors (Lipinski definition) is 3. The highest BCUT2D eigenvalue weighted by atomic mass is 16.6. The third kappa shape index (κ3) is 2.42. The Labute approximate surface area is 107 Å². The minimum Gasteiger partial charge on any atom is -0.493 e. The number of carbonyl (C=O) groups is 1. The van der Waals surface area contributed by atoms with Gasteiger partial charge >= 0.3 is 6.09 Å². The van der Waals surface area contributed by atoms with Crippen LogP contribution in [0, 0.1) is 0 Å². The van der Waals surface area contributed by atoms with E-state index in [0.717, 1.165) is 29.8 Å². The molecule has 1 amide bonds. The van der Waals surface area contributed by atoms with E-state index in [2.05, 4.69) is 12.2 Å². The van der Waals surface area contributed by atoms with E-state index >= 15 is 0 Å². The number of nitrogens with one attached hydrogen (secondary N) is 1. The topological polar surface area (TPSA) is 47.6 Å². The van der Waals surface area contributed by atoms with Crippen LogP contribution in [0.15, 0.2) is 18.2 Å². The quantitative estimate of drug-likeness (QED) is 0.828. The molecule has 98 valence electrons. The van der Waals surface area contributed by atoms with Crippen molar-refractivity contribution in [2.45, 2.75) is 39.2 Å². The molecule has 0 aromatic heterocycles. The molecule has 0 bridgehead atoms. The standard InChI is InChI=1S/C14H19NO3/c1-4-5-9-17-11-8-6-7-10-12(11)14(2,3)18-13(16)15-10/h6-8H,4-5,9H2,1-3H3,(H,15,16). The van der Waals surface area contributed by atoms with Gasteiger partial charge in [0.25, 0.3) is 0 Å². The second-order valence-corrected chi connectivity index (χ2v) is 4.91. The lowest BCUT2D eigenvalue weighted by Crippen LogP contribution is -2.35. The number of ether oxygens (including phenoxy) is 2. The molecule has 0 fully saturated rings. The third-order valence-electron chi connectivity index (χ3n) is 2.97. The normalized spacial score (nSPS) is 16.5. The first-order valence-corrected chi connectivity index (χ1v) is 6.31. The molecule has 0 saturated carbocycles. The number of unbranched alkanes of at least 4 members (excludes halogenated alkanes) is 1. The number of benzene rings is 1. The smallest absolute Gasteiger partial charge is 0.412 e. The number of rotatable bonds is 4. The van der Waals surface area contributed by atoms with E-state index in [-0.39, 0.29) is 0 Å². The van der Waals surface area contributed by atoms with Crippen LogP contribution in [-0.4, -0.2) is 12.7 Å². The monoisotopic (exact) mass is 249 g/mol. The summed E-state index contributed by atoms with van der Waals surface area (Å²) >= 11 is 0. The average molecular weight is 249 g/mol. The molecule has 0 saturated heterocycles. The van der Waals surface area contributed by atoms with Gasteiger partial charge in [-0.15, -0.1) is 0 Å². The maximum absolute atomic E-state index is 11.4. The van der Waals surface area contributed by atoms with E-state index in [9.17, 15) is 4.79 Å². The number of cyclic esters (lactones) is 1. The Morgan fingerprint density at radius 1 is 1.39 bits per heavy atom. The van der Waals surface area contributed by atoms with Crippen molar-refractivity contribution in [3.63, 3.8) is 0 Å². The molecule has 4 heteroatoms. The molecule has 0 radical (unpaired) electrons. The van der Waals surface area contributed by atoms with E-state index in [1.54, 1.807) is 0 Å². The molecular weight excluding hydrogens is 230 g/mol. The van der Waals surface area contributed by atoms with E-state index in [1.165, 1.54) is 0 Å². The predicted octanol–water partition coefficient (Wildman–Crippen LogP) is 3.66. The fraction of sp³-hybridized carbons (Fsp3) is 0.500. The highest BCUT2D eigenvalue weighted by Crippen LogP contribution is 2.41. The van der Waals surface area contributed by atoms with Crippen LogP contribution in [-0.2, 0) is 10.3 Å². The SMILES string of the molecule is CCCCOc1cccc2c1C(C)(C)OC(=O)N2. The minimum absolute atomic E-state index is 0.418. The lowest BCUT2D eigenvalue weighted by Gasteiger charge is -2.33. The van der Waals surface area contributed by atoms with E-state index < -0.39 is 11.7 Å². The van der Waals surface area contributed by atoms with E-state index in [1.807, 2.05) is 32.0 Å². The van der Waals surface area contributed by atoms with Gasteiger partial charge in [0.1, 0.15) is 11.4 Å². The summed E-state index contributed by atoms with van der Waals surface area (Å²) in [4.78, 5) is 11.4. The zero-order chi connectivity index (χ0) is 13.2. The number of amides is 1. The Morgan fingerprint density at radius 3 is 2.89 bits per heavy atom. The summed E-state index contributed by atoms with van der Waals surface area (Å²) in [5, 5.41) is 2.71. The van der Waals surface area contributed by atoms with Crippen LogP contribution >= 0.6 is 0 Å². The van der Waals surface area contributed by atoms with Gasteiger partial charge < -0.3 is 9.47 Å². The van der Waals surface area contributed by atoms with Gasteiger partial charge in [0, 0.05) is 0 Å². The van der Waals surface area contributed by atoms with Gasteiger partial charge in [0.05, 0.1) is 17.9 Å². The fourth-order valence-corrected chi connectivity index (χ4v) is 2.12. The van der Waals surface area contributed by atoms with E-state index in [4.69, 9.17) is 9.47 Å². The first-order chi connectivity index (χ1) is 8.54. The zero-order valence-corrected chi connectivity index (χ0v) is 11.1. The molecule has 2 rings (SSSR count). The summed E-state index contributed by atoms with van der Waals surface area (Å²) in [5.74, 6) is 0.783. The molecular formula is C14H19NO3. The van der Waals surface area contributed by atoms with Crippen molar-refractivity contribution in [1.29, 1.82) is 0 Å². The predicted molar refractivity (Wildman–Crippen MR) is 70.0 cm³/mol. The zero-order valence-electron chi connectivity index (χ0n) is 11.1. The van der Waals surface area contributed by atoms with Gasteiger partial charge in [-0.2, -0.15) is 0 Å². The first kappa shape index (κ1) is 12.7. The highest BCUT2D eigenvalue weighted by molar-refractivity contribution is 5.89. The second kappa shape index (κ2) is 4.88. The van der Waals surface area contributed by atoms with Crippen molar-refractivity contribution in [1.82, 2.24) is 0 Å². The van der Waals surface area contributed by atoms with Crippen LogP contribution in [0.25, 0.3) is 0 Å². The highest BCUT2D eigenvalue weighted by Gasteiger charge is 2.36. The van der Waals surface area contributed by atoms with Crippen LogP contribution in [0.3, 0.4) is 0 Å². The lowest BCUT2D eigenvalue weighted by molar-refractivity contribution is 0.0396. The second-order valence-electron chi connectivity index (χ2n) is 4.91. The Bertz CT molecular complexity index is 454. The molecule has 1 aliphatic heterocycles. The Kier molecular flexibility index (Phi) is 3.45. The molecule has 1 aromatic carbocycles. The third-order valence-corrected chi connectivity index (χ3v) is 2.97. The van der Waals surface area contributed by atoms with Crippen LogP contribution < -0.4 is 10.1 Å². The molecule has 1 aliphatic rings. The summed E-state index contributed by atoms with van der Waals surface area (Å²) in [5.41, 5.74) is 1.01. The summed E-state index contributed by atoms with van der Waals surface area (Å²) in [6.45, 7) is 6.54. The molecule has 0 aliphatic carbocycles. The van der Waals surface area contributed by atoms with Gasteiger partial charge in [-0.3, -0.25) is 5.32 Å². The van der Waals surface area contributed by atoms with Crippen molar-refractivity contribution < 1.29 is 14.3 Å². The molecule has 4 nitrogen and oxygen atoms in total. The van der Waals surface area contributed by atoms with Gasteiger partial charge in [0.15, 0.2) is 0 Å². The van der Waals surface area contributed by atoms with Crippen LogP contribution in [0.1, 0.15) is 39.2 Å². The molecule has 0 spiro atoms. The maximum atomic E-state index is 11.4. The van der Waals surface area contributed by atoms with Gasteiger partial charge in [-0.25, -0.2) is 4.79 Å². The van der Waals surface area contributed by atoms with Gasteiger partial charge in [-0.1, -0.05) is 19.4 Å². The summed E-state index contributed by atoms with van der Waals surface area (Å²) in [6.07, 6.45) is 1.68. The fourth-order valence-electron chi connectivity index (χ4n) is 2.12. The van der Waals surface area contributed by atoms with Crippen molar-refractivity contribution in [2.75, 3.05) is 11.9 Å². The summed E-state index contributed by atoms with van der Waals surface area (Å²) < 4.78 is 11.1. The van der Waals surface area contributed by atoms with E-state index in [0.29, 0.717) is 6.61 Å². The minimum atomic E-state index is -0.666. The average Bonchev–Trinajstić information content (AvgIpc) is 2.27. The van der Waals surface area contributed by atoms with Crippen LogP contribution in [0.4, 0.5) is 10.5 Å². The van der Waals surface area contributed by atoms with Gasteiger partial charge in [-0.05, 0) is 32.4 Å². The van der Waals surface area contributed by atoms with Crippen LogP contribution in [0.2, 0.25) is 0 Å². The molecule has 1 aromatic rings. The van der Waals surface area contributed by atoms with Crippen molar-refractivity contribution in [2.24, 2.45) is 0 Å². The summed E-state index contributed by atoms with van der Waals surface area (Å²) in [7, 11) is 0. The molecule has 0 atom stereocenters. The van der Waals surface area contributed by atoms with Crippen molar-refractivity contribution in [3.05, 3.63) is 23.8 Å². The van der Waals surface area contributed by atoms with Gasteiger partial charge in [0.2, 0.25) is 0 Å². The Hall–Kier alpha value is -1.71. The van der Waals surface area contributed by atoms with Crippen molar-refractivity contribution in [3.8, 4) is 5.75 Å². The summed E-state index contributed by atoms with van der Waals surface area (Å²) in [6, 6.07) is 5.66.